The van der Waals surface area contributed by atoms with Crippen LogP contribution in [0.4, 0.5) is 0 Å². The Labute approximate surface area is 187 Å². The molecule has 8 heteroatoms. The van der Waals surface area contributed by atoms with E-state index in [9.17, 15) is 0 Å². The first-order valence-corrected chi connectivity index (χ1v) is 11.0. The molecule has 1 aliphatic rings. The van der Waals surface area contributed by atoms with Gasteiger partial charge in [-0.3, -0.25) is 9.89 Å². The minimum Gasteiger partial charge on any atom is -0.379 e. The van der Waals surface area contributed by atoms with Crippen LogP contribution in [0.2, 0.25) is 0 Å². The Hall–Kier alpha value is -0.680. The van der Waals surface area contributed by atoms with Crippen LogP contribution >= 0.6 is 46.7 Å². The second kappa shape index (κ2) is 12.7. The Balaban J connectivity index is 0.00000261. The third-order valence-electron chi connectivity index (χ3n) is 4.37. The van der Waals surface area contributed by atoms with Gasteiger partial charge in [0.05, 0.1) is 25.8 Å². The fraction of sp³-hybridized carbons (Fsp3) is 0.526. The Morgan fingerprint density at radius 3 is 2.63 bits per heavy atom. The highest BCUT2D eigenvalue weighted by molar-refractivity contribution is 14.0. The first-order valence-electron chi connectivity index (χ1n) is 9.26. The minimum absolute atomic E-state index is 0. The Bertz CT molecular complexity index is 643. The molecule has 3 heterocycles. The molecule has 0 aromatic carbocycles. The fourth-order valence-electron chi connectivity index (χ4n) is 3.03. The molecule has 1 saturated heterocycles. The summed E-state index contributed by atoms with van der Waals surface area (Å²) < 4.78 is 5.52. The van der Waals surface area contributed by atoms with Crippen LogP contribution in [0.3, 0.4) is 0 Å². The molecule has 2 N–H and O–H groups in total. The molecule has 1 fully saturated rings. The Kier molecular flexibility index (Phi) is 10.6. The van der Waals surface area contributed by atoms with Crippen LogP contribution in [0.5, 0.6) is 0 Å². The van der Waals surface area contributed by atoms with Gasteiger partial charge in [0.25, 0.3) is 0 Å². The van der Waals surface area contributed by atoms with Crippen LogP contribution in [-0.4, -0.2) is 56.8 Å². The van der Waals surface area contributed by atoms with Gasteiger partial charge in [0.2, 0.25) is 0 Å². The Morgan fingerprint density at radius 2 is 1.96 bits per heavy atom. The highest BCUT2D eigenvalue weighted by Crippen LogP contribution is 2.26. The molecule has 27 heavy (non-hydrogen) atoms. The van der Waals surface area contributed by atoms with Gasteiger partial charge in [-0.15, -0.1) is 46.7 Å². The molecule has 1 aliphatic heterocycles. The predicted molar refractivity (Wildman–Crippen MR) is 127 cm³/mol. The van der Waals surface area contributed by atoms with Crippen molar-refractivity contribution in [1.82, 2.24) is 15.5 Å². The number of morpholine rings is 1. The number of nitrogens with zero attached hydrogens (tertiary/aromatic N) is 2. The van der Waals surface area contributed by atoms with Gasteiger partial charge in [-0.2, -0.15) is 0 Å². The summed E-state index contributed by atoms with van der Waals surface area (Å²) in [6.45, 7) is 8.19. The average molecular weight is 521 g/mol. The lowest BCUT2D eigenvalue weighted by molar-refractivity contribution is 0.0186. The zero-order chi connectivity index (χ0) is 18.0. The van der Waals surface area contributed by atoms with Crippen LogP contribution in [-0.2, 0) is 11.2 Å². The summed E-state index contributed by atoms with van der Waals surface area (Å²) in [6, 6.07) is 8.96. The van der Waals surface area contributed by atoms with E-state index >= 15 is 0 Å². The molecule has 2 aromatic rings. The van der Waals surface area contributed by atoms with Crippen molar-refractivity contribution in [1.29, 1.82) is 0 Å². The third kappa shape index (κ3) is 7.34. The number of guanidine groups is 1. The van der Waals surface area contributed by atoms with Crippen molar-refractivity contribution in [2.24, 2.45) is 4.99 Å². The van der Waals surface area contributed by atoms with Crippen LogP contribution in [0.15, 0.2) is 40.0 Å². The quantitative estimate of drug-likeness (QED) is 0.318. The molecule has 1 unspecified atom stereocenters. The van der Waals surface area contributed by atoms with Crippen LogP contribution < -0.4 is 10.6 Å². The highest BCUT2D eigenvalue weighted by atomic mass is 127. The van der Waals surface area contributed by atoms with E-state index in [1.165, 1.54) is 9.75 Å². The molecule has 0 radical (unpaired) electrons. The second-order valence-electron chi connectivity index (χ2n) is 6.16. The number of rotatable bonds is 8. The highest BCUT2D eigenvalue weighted by Gasteiger charge is 2.23. The maximum absolute atomic E-state index is 5.52. The number of hydrogen-bond donors (Lipinski definition) is 2. The molecule has 0 bridgehead atoms. The maximum atomic E-state index is 5.52. The fourth-order valence-corrected chi connectivity index (χ4v) is 4.59. The molecule has 0 amide bonds. The van der Waals surface area contributed by atoms with Crippen molar-refractivity contribution in [3.05, 3.63) is 44.8 Å². The largest absolute Gasteiger partial charge is 0.379 e. The smallest absolute Gasteiger partial charge is 0.191 e. The second-order valence-corrected chi connectivity index (χ2v) is 8.17. The third-order valence-corrected chi connectivity index (χ3v) is 6.28. The molecule has 3 rings (SSSR count). The lowest BCUT2D eigenvalue weighted by Gasteiger charge is -2.33. The van der Waals surface area contributed by atoms with E-state index in [4.69, 9.17) is 9.73 Å². The topological polar surface area (TPSA) is 48.9 Å². The van der Waals surface area contributed by atoms with Gasteiger partial charge in [0, 0.05) is 35.9 Å². The number of thiophene rings is 2. The SMILES string of the molecule is CCNC(=NCC(c1cccs1)N1CCOCC1)NCCc1cccs1.I. The minimum atomic E-state index is 0. The molecule has 1 atom stereocenters. The van der Waals surface area contributed by atoms with Crippen LogP contribution in [0, 0.1) is 0 Å². The van der Waals surface area contributed by atoms with Crippen molar-refractivity contribution in [2.75, 3.05) is 45.9 Å². The van der Waals surface area contributed by atoms with Gasteiger partial charge < -0.3 is 15.4 Å². The predicted octanol–water partition coefficient (Wildman–Crippen LogP) is 3.60. The van der Waals surface area contributed by atoms with E-state index in [2.05, 4.69) is 57.5 Å². The van der Waals surface area contributed by atoms with Crippen molar-refractivity contribution in [3.8, 4) is 0 Å². The van der Waals surface area contributed by atoms with E-state index in [1.54, 1.807) is 11.3 Å². The van der Waals surface area contributed by atoms with Crippen molar-refractivity contribution < 1.29 is 4.74 Å². The summed E-state index contributed by atoms with van der Waals surface area (Å²) in [6.07, 6.45) is 1.03. The molecular weight excluding hydrogens is 491 g/mol. The van der Waals surface area contributed by atoms with E-state index in [1.807, 2.05) is 11.3 Å². The van der Waals surface area contributed by atoms with Gasteiger partial charge in [-0.25, -0.2) is 0 Å². The maximum Gasteiger partial charge on any atom is 0.191 e. The van der Waals surface area contributed by atoms with E-state index in [0.717, 1.165) is 58.3 Å². The molecule has 0 saturated carbocycles. The monoisotopic (exact) mass is 520 g/mol. The van der Waals surface area contributed by atoms with Crippen LogP contribution in [0.25, 0.3) is 0 Å². The number of nitrogens with one attached hydrogen (secondary N) is 2. The van der Waals surface area contributed by atoms with Gasteiger partial charge in [0.1, 0.15) is 0 Å². The molecule has 0 spiro atoms. The standard InChI is InChI=1S/C19H28N4OS2.HI/c1-2-20-19(21-8-7-16-5-3-13-25-16)22-15-17(18-6-4-14-26-18)23-9-11-24-12-10-23;/h3-6,13-14,17H,2,7-12,15H2,1H3,(H2,20,21,22);1H. The molecular formula is C19H29IN4OS2. The van der Waals surface area contributed by atoms with Gasteiger partial charge in [-0.05, 0) is 36.2 Å². The average Bonchev–Trinajstić information content (AvgIpc) is 3.37. The van der Waals surface area contributed by atoms with Crippen molar-refractivity contribution >= 4 is 52.6 Å². The molecule has 2 aromatic heterocycles. The van der Waals surface area contributed by atoms with E-state index in [0.29, 0.717) is 6.04 Å². The molecule has 150 valence electrons. The zero-order valence-electron chi connectivity index (χ0n) is 15.7. The summed E-state index contributed by atoms with van der Waals surface area (Å²) in [5, 5.41) is 11.1. The van der Waals surface area contributed by atoms with Crippen molar-refractivity contribution in [2.45, 2.75) is 19.4 Å². The number of halogens is 1. The number of hydrogen-bond acceptors (Lipinski definition) is 5. The lowest BCUT2D eigenvalue weighted by atomic mass is 10.2. The van der Waals surface area contributed by atoms with Crippen LogP contribution in [0.1, 0.15) is 22.7 Å². The van der Waals surface area contributed by atoms with Crippen molar-refractivity contribution in [3.63, 3.8) is 0 Å². The Morgan fingerprint density at radius 1 is 1.19 bits per heavy atom. The summed E-state index contributed by atoms with van der Waals surface area (Å²) in [5.74, 6) is 0.902. The first-order chi connectivity index (χ1) is 12.9. The zero-order valence-corrected chi connectivity index (χ0v) is 19.7. The molecule has 5 nitrogen and oxygen atoms in total. The van der Waals surface area contributed by atoms with E-state index in [-0.39, 0.29) is 24.0 Å². The van der Waals surface area contributed by atoms with Gasteiger partial charge in [-0.1, -0.05) is 12.1 Å². The van der Waals surface area contributed by atoms with E-state index < -0.39 is 0 Å². The summed E-state index contributed by atoms with van der Waals surface area (Å²) in [7, 11) is 0. The summed E-state index contributed by atoms with van der Waals surface area (Å²) >= 11 is 3.62. The van der Waals surface area contributed by atoms with Gasteiger partial charge >= 0.3 is 0 Å². The normalized spacial score (nSPS) is 16.6. The summed E-state index contributed by atoms with van der Waals surface area (Å²) in [5.41, 5.74) is 0. The lowest BCUT2D eigenvalue weighted by Crippen LogP contribution is -2.42. The number of ether oxygens (including phenoxy) is 1. The summed E-state index contributed by atoms with van der Waals surface area (Å²) in [4.78, 5) is 10.2. The number of aliphatic imine (C=N–C) groups is 1. The first kappa shape index (κ1) is 22.6. The van der Waals surface area contributed by atoms with Gasteiger partial charge in [0.15, 0.2) is 5.96 Å². The molecule has 0 aliphatic carbocycles.